The lowest BCUT2D eigenvalue weighted by Gasteiger charge is -2.31. The molecule has 1 aliphatic heterocycles. The first-order valence-electron chi connectivity index (χ1n) is 10.0. The Morgan fingerprint density at radius 1 is 1.00 bits per heavy atom. The zero-order chi connectivity index (χ0) is 20.5. The van der Waals surface area contributed by atoms with Crippen LogP contribution in [-0.4, -0.2) is 33.0 Å². The third kappa shape index (κ3) is 4.51. The molecule has 0 unspecified atom stereocenters. The molecule has 0 radical (unpaired) electrons. The van der Waals surface area contributed by atoms with Crippen molar-refractivity contribution < 1.29 is 8.42 Å². The topological polar surface area (TPSA) is 49.4 Å². The zero-order valence-electron chi connectivity index (χ0n) is 17.6. The summed E-state index contributed by atoms with van der Waals surface area (Å²) in [6, 6.07) is 4.28. The van der Waals surface area contributed by atoms with Gasteiger partial charge in [0, 0.05) is 18.0 Å². The predicted molar refractivity (Wildman–Crippen MR) is 118 cm³/mol. The maximum atomic E-state index is 13.1. The van der Waals surface area contributed by atoms with Gasteiger partial charge in [-0.05, 0) is 106 Å². The molecule has 1 fully saturated rings. The number of hydrogen-bond donors (Lipinski definition) is 1. The van der Waals surface area contributed by atoms with Crippen LogP contribution in [0.3, 0.4) is 0 Å². The van der Waals surface area contributed by atoms with Gasteiger partial charge in [-0.2, -0.15) is 0 Å². The lowest BCUT2D eigenvalue weighted by molar-refractivity contribution is 0.180. The van der Waals surface area contributed by atoms with Crippen LogP contribution in [0.25, 0.3) is 0 Å². The summed E-state index contributed by atoms with van der Waals surface area (Å²) in [5.74, 6) is 0.405. The molecule has 6 heteroatoms. The summed E-state index contributed by atoms with van der Waals surface area (Å²) in [5.41, 5.74) is 5.08. The van der Waals surface area contributed by atoms with E-state index in [1.165, 1.54) is 10.4 Å². The van der Waals surface area contributed by atoms with E-state index < -0.39 is 10.0 Å². The quantitative estimate of drug-likeness (QED) is 0.749. The Labute approximate surface area is 174 Å². The van der Waals surface area contributed by atoms with Crippen LogP contribution in [0.2, 0.25) is 0 Å². The number of rotatable bonds is 6. The van der Waals surface area contributed by atoms with E-state index in [-0.39, 0.29) is 0 Å². The molecule has 1 aliphatic rings. The molecule has 2 heterocycles. The number of likely N-dealkylation sites (tertiary alicyclic amines) is 1. The van der Waals surface area contributed by atoms with E-state index in [2.05, 4.69) is 34.1 Å². The molecule has 0 aliphatic carbocycles. The number of benzene rings is 1. The third-order valence-electron chi connectivity index (χ3n) is 6.43. The largest absolute Gasteiger partial charge is 0.298 e. The summed E-state index contributed by atoms with van der Waals surface area (Å²) in [4.78, 5) is 4.34. The van der Waals surface area contributed by atoms with Crippen LogP contribution in [0, 0.1) is 40.5 Å². The molecule has 1 aromatic heterocycles. The van der Waals surface area contributed by atoms with E-state index in [4.69, 9.17) is 0 Å². The van der Waals surface area contributed by atoms with Crippen molar-refractivity contribution in [1.29, 1.82) is 0 Å². The van der Waals surface area contributed by atoms with Crippen molar-refractivity contribution in [2.75, 3.05) is 19.6 Å². The van der Waals surface area contributed by atoms with Gasteiger partial charge in [0.1, 0.15) is 0 Å². The van der Waals surface area contributed by atoms with Crippen LogP contribution in [-0.2, 0) is 16.6 Å². The fourth-order valence-corrected chi connectivity index (χ4v) is 6.60. The van der Waals surface area contributed by atoms with Gasteiger partial charge >= 0.3 is 0 Å². The lowest BCUT2D eigenvalue weighted by Crippen LogP contribution is -2.38. The van der Waals surface area contributed by atoms with Gasteiger partial charge in [0.2, 0.25) is 10.0 Å². The van der Waals surface area contributed by atoms with Gasteiger partial charge in [-0.25, -0.2) is 13.1 Å². The summed E-state index contributed by atoms with van der Waals surface area (Å²) >= 11 is 1.80. The Morgan fingerprint density at radius 2 is 1.57 bits per heavy atom. The molecule has 1 saturated heterocycles. The van der Waals surface area contributed by atoms with Gasteiger partial charge in [0.15, 0.2) is 0 Å². The van der Waals surface area contributed by atoms with Crippen LogP contribution in [0.5, 0.6) is 0 Å². The Bertz CT molecular complexity index is 897. The van der Waals surface area contributed by atoms with Crippen LogP contribution in [0.15, 0.2) is 22.4 Å². The van der Waals surface area contributed by atoms with Crippen molar-refractivity contribution in [1.82, 2.24) is 9.62 Å². The Kier molecular flexibility index (Phi) is 6.65. The molecule has 0 bridgehead atoms. The van der Waals surface area contributed by atoms with E-state index in [1.54, 1.807) is 11.3 Å². The highest BCUT2D eigenvalue weighted by Crippen LogP contribution is 2.29. The smallest absolute Gasteiger partial charge is 0.241 e. The molecule has 28 heavy (non-hydrogen) atoms. The van der Waals surface area contributed by atoms with Crippen molar-refractivity contribution in [3.05, 3.63) is 50.2 Å². The minimum Gasteiger partial charge on any atom is -0.298 e. The van der Waals surface area contributed by atoms with Gasteiger partial charge < -0.3 is 0 Å². The van der Waals surface area contributed by atoms with E-state index in [9.17, 15) is 8.42 Å². The minimum absolute atomic E-state index is 0.405. The Balaban J connectivity index is 1.62. The van der Waals surface area contributed by atoms with E-state index in [0.717, 1.165) is 54.7 Å². The number of piperidine rings is 1. The standard InChI is InChI=1S/C22H32N2O2S2/c1-15-16(2)18(4)22(19(5)17(15)3)28(25,26)23-13-20-8-10-24(11-9-20)14-21-7-6-12-27-21/h6-7,12,20,23H,8-11,13-14H2,1-5H3. The summed E-state index contributed by atoms with van der Waals surface area (Å²) in [5, 5.41) is 2.12. The van der Waals surface area contributed by atoms with Crippen molar-refractivity contribution in [2.45, 2.75) is 58.9 Å². The molecule has 3 rings (SSSR count). The van der Waals surface area contributed by atoms with Crippen LogP contribution in [0.4, 0.5) is 0 Å². The Morgan fingerprint density at radius 3 is 2.11 bits per heavy atom. The molecule has 0 atom stereocenters. The highest BCUT2D eigenvalue weighted by molar-refractivity contribution is 7.89. The number of hydrogen-bond acceptors (Lipinski definition) is 4. The predicted octanol–water partition coefficient (Wildman–Crippen LogP) is 4.48. The fourth-order valence-electron chi connectivity index (χ4n) is 4.14. The van der Waals surface area contributed by atoms with Gasteiger partial charge in [0.25, 0.3) is 0 Å². The van der Waals surface area contributed by atoms with Crippen molar-refractivity contribution >= 4 is 21.4 Å². The van der Waals surface area contributed by atoms with Gasteiger partial charge in [-0.1, -0.05) is 6.07 Å². The van der Waals surface area contributed by atoms with Crippen LogP contribution in [0.1, 0.15) is 45.5 Å². The second-order valence-electron chi connectivity index (χ2n) is 8.10. The lowest BCUT2D eigenvalue weighted by atomic mass is 9.95. The molecule has 0 saturated carbocycles. The number of sulfonamides is 1. The highest BCUT2D eigenvalue weighted by atomic mass is 32.2. The van der Waals surface area contributed by atoms with Gasteiger partial charge in [-0.15, -0.1) is 11.3 Å². The second-order valence-corrected chi connectivity index (χ2v) is 10.8. The molecule has 1 aromatic carbocycles. The summed E-state index contributed by atoms with van der Waals surface area (Å²) in [6.45, 7) is 13.5. The molecule has 0 spiro atoms. The normalized spacial score (nSPS) is 16.6. The maximum absolute atomic E-state index is 13.1. The first-order chi connectivity index (χ1) is 13.2. The van der Waals surface area contributed by atoms with Gasteiger partial charge in [0.05, 0.1) is 4.90 Å². The van der Waals surface area contributed by atoms with Crippen LogP contribution < -0.4 is 4.72 Å². The molecule has 1 N–H and O–H groups in total. The average molecular weight is 421 g/mol. The second kappa shape index (κ2) is 8.66. The number of nitrogens with one attached hydrogen (secondary N) is 1. The molecule has 0 amide bonds. The molecule has 4 nitrogen and oxygen atoms in total. The van der Waals surface area contributed by atoms with E-state index in [1.807, 2.05) is 27.7 Å². The molecule has 154 valence electrons. The highest BCUT2D eigenvalue weighted by Gasteiger charge is 2.26. The number of thiophene rings is 1. The first-order valence-corrected chi connectivity index (χ1v) is 12.4. The van der Waals surface area contributed by atoms with Crippen molar-refractivity contribution in [2.24, 2.45) is 5.92 Å². The van der Waals surface area contributed by atoms with E-state index in [0.29, 0.717) is 17.4 Å². The Hall–Kier alpha value is -1.21. The SMILES string of the molecule is Cc1c(C)c(C)c(S(=O)(=O)NCC2CCN(Cc3cccs3)CC2)c(C)c1C. The zero-order valence-corrected chi connectivity index (χ0v) is 19.3. The third-order valence-corrected chi connectivity index (χ3v) is 8.99. The average Bonchev–Trinajstić information content (AvgIpc) is 3.17. The summed E-state index contributed by atoms with van der Waals surface area (Å²) in [6.07, 6.45) is 2.08. The monoisotopic (exact) mass is 420 g/mol. The number of nitrogens with zero attached hydrogens (tertiary/aromatic N) is 1. The maximum Gasteiger partial charge on any atom is 0.241 e. The molecular weight excluding hydrogens is 388 g/mol. The first kappa shape index (κ1) is 21.5. The minimum atomic E-state index is -3.50. The summed E-state index contributed by atoms with van der Waals surface area (Å²) in [7, 11) is -3.50. The summed E-state index contributed by atoms with van der Waals surface area (Å²) < 4.78 is 29.1. The fraction of sp³-hybridized carbons (Fsp3) is 0.545. The molecular formula is C22H32N2O2S2. The van der Waals surface area contributed by atoms with E-state index >= 15 is 0 Å². The van der Waals surface area contributed by atoms with Gasteiger partial charge in [-0.3, -0.25) is 4.90 Å². The van der Waals surface area contributed by atoms with Crippen molar-refractivity contribution in [3.63, 3.8) is 0 Å². The van der Waals surface area contributed by atoms with Crippen molar-refractivity contribution in [3.8, 4) is 0 Å². The van der Waals surface area contributed by atoms with Crippen LogP contribution >= 0.6 is 11.3 Å². The molecule has 2 aromatic rings.